The number of aryl methyl sites for hydroxylation is 1. The molecule has 2 aromatic heterocycles. The molecule has 212 valence electrons. The van der Waals surface area contributed by atoms with Gasteiger partial charge in [0.15, 0.2) is 11.2 Å². The van der Waals surface area contributed by atoms with Crippen molar-refractivity contribution >= 4 is 30.8 Å². The third-order valence-corrected chi connectivity index (χ3v) is 7.88. The van der Waals surface area contributed by atoms with E-state index < -0.39 is 25.2 Å². The van der Waals surface area contributed by atoms with E-state index in [0.29, 0.717) is 18.6 Å². The summed E-state index contributed by atoms with van der Waals surface area (Å²) < 4.78 is 33.6. The molecule has 40 heavy (non-hydrogen) atoms. The van der Waals surface area contributed by atoms with E-state index in [0.717, 1.165) is 5.56 Å². The maximum absolute atomic E-state index is 13.9. The number of nitrogens with two attached hydrogens (primary N) is 1. The van der Waals surface area contributed by atoms with Gasteiger partial charge in [-0.3, -0.25) is 19.1 Å². The number of anilines is 1. The average molecular weight is 571 g/mol. The normalized spacial score (nSPS) is 13.7. The molecule has 4 rings (SSSR count). The lowest BCUT2D eigenvalue weighted by atomic mass is 10.1. The Balaban J connectivity index is 1.41. The molecule has 0 bridgehead atoms. The minimum Gasteiger partial charge on any atom is -0.460 e. The lowest BCUT2D eigenvalue weighted by Gasteiger charge is -2.28. The largest absolute Gasteiger partial charge is 0.461 e. The molecule has 0 saturated heterocycles. The van der Waals surface area contributed by atoms with Gasteiger partial charge < -0.3 is 24.7 Å². The number of para-hydroxylation sites is 1. The molecule has 0 aliphatic carbocycles. The number of nitrogen functional groups attached to an aromatic ring is 1. The first-order valence-corrected chi connectivity index (χ1v) is 14.0. The van der Waals surface area contributed by atoms with Crippen molar-refractivity contribution in [2.24, 2.45) is 5.92 Å². The Bertz CT molecular complexity index is 1510. The van der Waals surface area contributed by atoms with Crippen LogP contribution in [0.25, 0.3) is 11.2 Å². The number of benzene rings is 2. The van der Waals surface area contributed by atoms with Crippen molar-refractivity contribution in [2.45, 2.75) is 19.6 Å². The number of aliphatic hydroxyl groups is 1. The maximum atomic E-state index is 13.9. The van der Waals surface area contributed by atoms with Gasteiger partial charge in [0.2, 0.25) is 5.95 Å². The second-order valence-electron chi connectivity index (χ2n) is 9.03. The van der Waals surface area contributed by atoms with Gasteiger partial charge in [0.1, 0.15) is 18.9 Å². The zero-order chi connectivity index (χ0) is 28.5. The monoisotopic (exact) mass is 570 g/mol. The van der Waals surface area contributed by atoms with Crippen LogP contribution in [0.5, 0.6) is 5.75 Å². The fourth-order valence-corrected chi connectivity index (χ4v) is 5.21. The molecule has 0 spiro atoms. The number of nitrogens with zero attached hydrogens (tertiary/aromatic N) is 4. The highest BCUT2D eigenvalue weighted by Crippen LogP contribution is 2.51. The first-order valence-electron chi connectivity index (χ1n) is 12.5. The molecule has 13 nitrogen and oxygen atoms in total. The summed E-state index contributed by atoms with van der Waals surface area (Å²) in [5.74, 6) is -0.831. The van der Waals surface area contributed by atoms with E-state index in [9.17, 15) is 19.3 Å². The molecular weight excluding hydrogens is 539 g/mol. The van der Waals surface area contributed by atoms with Crippen LogP contribution in [-0.4, -0.2) is 62.1 Å². The van der Waals surface area contributed by atoms with Gasteiger partial charge in [0.25, 0.3) is 5.56 Å². The minimum atomic E-state index is -4.06. The zero-order valence-corrected chi connectivity index (χ0v) is 22.8. The van der Waals surface area contributed by atoms with Gasteiger partial charge in [-0.1, -0.05) is 48.5 Å². The molecule has 0 saturated carbocycles. The molecule has 0 amide bonds. The zero-order valence-electron chi connectivity index (χ0n) is 21.9. The lowest BCUT2D eigenvalue weighted by Crippen LogP contribution is -2.29. The summed E-state index contributed by atoms with van der Waals surface area (Å²) in [4.78, 5) is 35.2. The minimum absolute atomic E-state index is 0.0365. The Labute approximate surface area is 230 Å². The number of carbonyl (C=O) groups is 1. The van der Waals surface area contributed by atoms with Crippen LogP contribution in [0.15, 0.2) is 71.8 Å². The number of hydrogen-bond acceptors (Lipinski definition) is 10. The van der Waals surface area contributed by atoms with Gasteiger partial charge in [-0.05, 0) is 31.2 Å². The molecule has 14 heteroatoms. The Hall–Kier alpha value is -4.03. The molecule has 2 unspecified atom stereocenters. The van der Waals surface area contributed by atoms with Crippen LogP contribution < -0.4 is 15.8 Å². The van der Waals surface area contributed by atoms with Crippen LogP contribution in [-0.2, 0) is 31.8 Å². The number of aromatic nitrogens is 4. The highest BCUT2D eigenvalue weighted by molar-refractivity contribution is 7.51. The second-order valence-corrected chi connectivity index (χ2v) is 11.1. The van der Waals surface area contributed by atoms with E-state index in [1.54, 1.807) is 34.9 Å². The Morgan fingerprint density at radius 1 is 1.18 bits per heavy atom. The summed E-state index contributed by atoms with van der Waals surface area (Å²) in [6.07, 6.45) is 1.82. The van der Waals surface area contributed by atoms with Crippen LogP contribution in [0.4, 0.5) is 5.95 Å². The number of imidazole rings is 1. The quantitative estimate of drug-likeness (QED) is 0.150. The van der Waals surface area contributed by atoms with Crippen LogP contribution in [0, 0.1) is 5.92 Å². The van der Waals surface area contributed by atoms with E-state index in [1.807, 2.05) is 30.3 Å². The number of ether oxygens (including phenoxy) is 1. The van der Waals surface area contributed by atoms with Crippen molar-refractivity contribution in [3.05, 3.63) is 82.9 Å². The smallest absolute Gasteiger partial charge is 0.460 e. The standard InChI is InChI=1S/C26H31N6O7P/c1-31(14-22(34)37-16-19-8-4-2-5-9-19)40(36,39-21-10-6-3-7-11-21)38-17-20(15-33)12-13-32-18-28-23-24(32)29-26(27)30-25(23)35/h2-11,18,20,33H,12-17H2,1H3,(H3,27,29,30,35). The molecule has 2 heterocycles. The van der Waals surface area contributed by atoms with Crippen molar-refractivity contribution < 1.29 is 28.3 Å². The number of fused-ring (bicyclic) bond motifs is 1. The summed E-state index contributed by atoms with van der Waals surface area (Å²) in [5, 5.41) is 9.99. The first kappa shape index (κ1) is 29.0. The highest BCUT2D eigenvalue weighted by atomic mass is 31.2. The van der Waals surface area contributed by atoms with Crippen molar-refractivity contribution in [1.29, 1.82) is 0 Å². The molecular formula is C26H31N6O7P. The van der Waals surface area contributed by atoms with E-state index in [1.165, 1.54) is 18.0 Å². The van der Waals surface area contributed by atoms with Crippen molar-refractivity contribution in [1.82, 2.24) is 24.2 Å². The van der Waals surface area contributed by atoms with E-state index >= 15 is 0 Å². The van der Waals surface area contributed by atoms with Crippen molar-refractivity contribution in [3.8, 4) is 5.75 Å². The van der Waals surface area contributed by atoms with Crippen LogP contribution in [0.2, 0.25) is 0 Å². The number of rotatable bonds is 14. The van der Waals surface area contributed by atoms with Gasteiger partial charge >= 0.3 is 13.7 Å². The molecule has 0 fully saturated rings. The van der Waals surface area contributed by atoms with Crippen molar-refractivity contribution in [2.75, 3.05) is 32.5 Å². The number of carbonyl (C=O) groups excluding carboxylic acids is 1. The summed E-state index contributed by atoms with van der Waals surface area (Å²) in [7, 11) is -2.62. The maximum Gasteiger partial charge on any atom is 0.461 e. The SMILES string of the molecule is CN(CC(=O)OCc1ccccc1)P(=O)(OCC(CO)CCn1cnc2c(=O)[nH]c(N)nc21)Oc1ccccc1. The summed E-state index contributed by atoms with van der Waals surface area (Å²) in [5.41, 5.74) is 6.48. The fourth-order valence-electron chi connectivity index (χ4n) is 3.75. The molecule has 0 aliphatic rings. The molecule has 4 N–H and O–H groups in total. The Morgan fingerprint density at radius 2 is 1.88 bits per heavy atom. The van der Waals surface area contributed by atoms with Gasteiger partial charge in [0.05, 0.1) is 12.9 Å². The molecule has 4 aromatic rings. The number of aromatic amines is 1. The molecule has 2 aromatic carbocycles. The number of aliphatic hydroxyl groups excluding tert-OH is 1. The number of likely N-dealkylation sites (N-methyl/N-ethyl adjacent to an activating group) is 1. The second kappa shape index (κ2) is 13.4. The lowest BCUT2D eigenvalue weighted by molar-refractivity contribution is -0.145. The number of esters is 1. The topological polar surface area (TPSA) is 175 Å². The van der Waals surface area contributed by atoms with E-state index in [-0.39, 0.29) is 43.6 Å². The predicted molar refractivity (Wildman–Crippen MR) is 147 cm³/mol. The summed E-state index contributed by atoms with van der Waals surface area (Å²) in [6, 6.07) is 17.6. The number of hydrogen-bond donors (Lipinski definition) is 3. The number of H-pyrrole nitrogens is 1. The van der Waals surface area contributed by atoms with Gasteiger partial charge in [-0.15, -0.1) is 0 Å². The Morgan fingerprint density at radius 3 is 2.58 bits per heavy atom. The van der Waals surface area contributed by atoms with Gasteiger partial charge in [-0.2, -0.15) is 9.65 Å². The van der Waals surface area contributed by atoms with E-state index in [4.69, 9.17) is 19.5 Å². The van der Waals surface area contributed by atoms with E-state index in [2.05, 4.69) is 15.0 Å². The van der Waals surface area contributed by atoms with Gasteiger partial charge in [0, 0.05) is 19.1 Å². The third-order valence-electron chi connectivity index (χ3n) is 5.99. The van der Waals surface area contributed by atoms with Crippen molar-refractivity contribution in [3.63, 3.8) is 0 Å². The van der Waals surface area contributed by atoms with Crippen LogP contribution in [0.1, 0.15) is 12.0 Å². The van der Waals surface area contributed by atoms with Crippen LogP contribution >= 0.6 is 7.75 Å². The first-order chi connectivity index (χ1) is 19.3. The predicted octanol–water partition coefficient (Wildman–Crippen LogP) is 2.58. The summed E-state index contributed by atoms with van der Waals surface area (Å²) in [6.45, 7) is -0.389. The molecule has 2 atom stereocenters. The summed E-state index contributed by atoms with van der Waals surface area (Å²) >= 11 is 0. The van der Waals surface area contributed by atoms with Crippen LogP contribution in [0.3, 0.4) is 0 Å². The Kier molecular flexibility index (Phi) is 9.67. The number of nitrogens with one attached hydrogen (secondary N) is 1. The average Bonchev–Trinajstić information content (AvgIpc) is 3.36. The fraction of sp³-hybridized carbons (Fsp3) is 0.308. The van der Waals surface area contributed by atoms with Gasteiger partial charge in [-0.25, -0.2) is 9.55 Å². The highest BCUT2D eigenvalue weighted by Gasteiger charge is 2.35. The molecule has 0 aliphatic heterocycles. The molecule has 0 radical (unpaired) electrons. The third kappa shape index (κ3) is 7.54.